The second kappa shape index (κ2) is 3.49. The number of hydrogen-bond acceptors (Lipinski definition) is 2. The Balaban J connectivity index is 4.06. The molecule has 0 fully saturated rings. The molecule has 0 saturated carbocycles. The molecule has 0 saturated heterocycles. The summed E-state index contributed by atoms with van der Waals surface area (Å²) in [5, 5.41) is 0. The zero-order valence-electron chi connectivity index (χ0n) is 4.84. The van der Waals surface area contributed by atoms with E-state index in [1.165, 1.54) is 4.72 Å². The van der Waals surface area contributed by atoms with Gasteiger partial charge in [-0.1, -0.05) is 5.92 Å². The third-order valence-corrected chi connectivity index (χ3v) is 1.63. The first-order chi connectivity index (χ1) is 4.50. The first-order valence-electron chi connectivity index (χ1n) is 2.21. The Bertz CT molecular complexity index is 228. The van der Waals surface area contributed by atoms with Gasteiger partial charge >= 0.3 is 5.76 Å². The Hall–Kier alpha value is -0.670. The van der Waals surface area contributed by atoms with Crippen LogP contribution in [0.4, 0.5) is 8.78 Å². The maximum absolute atomic E-state index is 11.4. The summed E-state index contributed by atoms with van der Waals surface area (Å²) in [4.78, 5) is 0. The molecule has 0 aliphatic heterocycles. The maximum Gasteiger partial charge on any atom is 0.350 e. The van der Waals surface area contributed by atoms with Crippen LogP contribution in [0.5, 0.6) is 0 Å². The van der Waals surface area contributed by atoms with Crippen molar-refractivity contribution in [3.63, 3.8) is 0 Å². The Labute approximate surface area is 57.5 Å². The van der Waals surface area contributed by atoms with Gasteiger partial charge in [0.05, 0.1) is 6.54 Å². The minimum atomic E-state index is -4.49. The number of alkyl halides is 2. The van der Waals surface area contributed by atoms with Crippen LogP contribution >= 0.6 is 0 Å². The molecule has 0 atom stereocenters. The number of hydrogen-bond donors (Lipinski definition) is 1. The summed E-state index contributed by atoms with van der Waals surface area (Å²) in [6.07, 6.45) is 4.61. The van der Waals surface area contributed by atoms with Crippen LogP contribution in [0.2, 0.25) is 0 Å². The zero-order chi connectivity index (χ0) is 8.20. The van der Waals surface area contributed by atoms with Gasteiger partial charge in [-0.25, -0.2) is 8.42 Å². The monoisotopic (exact) mass is 169 g/mol. The molecule has 0 rings (SSSR count). The molecule has 3 nitrogen and oxygen atoms in total. The predicted molar refractivity (Wildman–Crippen MR) is 31.8 cm³/mol. The van der Waals surface area contributed by atoms with Gasteiger partial charge in [0.25, 0.3) is 10.0 Å². The van der Waals surface area contributed by atoms with Crippen molar-refractivity contribution in [2.75, 3.05) is 6.54 Å². The fourth-order valence-corrected chi connectivity index (χ4v) is 0.616. The summed E-state index contributed by atoms with van der Waals surface area (Å²) in [7, 11) is -4.49. The summed E-state index contributed by atoms with van der Waals surface area (Å²) in [5.74, 6) is -1.56. The van der Waals surface area contributed by atoms with Crippen molar-refractivity contribution in [2.45, 2.75) is 5.76 Å². The number of rotatable bonds is 3. The number of sulfonamides is 1. The molecule has 0 aliphatic carbocycles. The molecule has 0 spiro atoms. The van der Waals surface area contributed by atoms with E-state index in [0.717, 1.165) is 0 Å². The molecule has 10 heavy (non-hydrogen) atoms. The average Bonchev–Trinajstić information content (AvgIpc) is 1.84. The first-order valence-corrected chi connectivity index (χ1v) is 3.75. The van der Waals surface area contributed by atoms with E-state index in [-0.39, 0.29) is 0 Å². The highest BCUT2D eigenvalue weighted by Crippen LogP contribution is 1.99. The smallest absolute Gasteiger partial charge is 0.206 e. The van der Waals surface area contributed by atoms with Gasteiger partial charge in [0.15, 0.2) is 0 Å². The quantitative estimate of drug-likeness (QED) is 0.593. The van der Waals surface area contributed by atoms with E-state index >= 15 is 0 Å². The van der Waals surface area contributed by atoms with Gasteiger partial charge in [-0.3, -0.25) is 0 Å². The lowest BCUT2D eigenvalue weighted by Crippen LogP contribution is -2.29. The second-order valence-electron chi connectivity index (χ2n) is 1.33. The highest BCUT2D eigenvalue weighted by molar-refractivity contribution is 7.89. The molecule has 0 aromatic rings. The third kappa shape index (κ3) is 2.75. The molecule has 0 unspecified atom stereocenters. The van der Waals surface area contributed by atoms with Crippen LogP contribution < -0.4 is 4.72 Å². The minimum absolute atomic E-state index is 0.410. The van der Waals surface area contributed by atoms with Crippen molar-refractivity contribution < 1.29 is 17.2 Å². The molecule has 58 valence electrons. The molecule has 0 aromatic heterocycles. The molecule has 0 amide bonds. The lowest BCUT2D eigenvalue weighted by atomic mass is 10.7. The van der Waals surface area contributed by atoms with Crippen LogP contribution in [0.25, 0.3) is 0 Å². The average molecular weight is 169 g/mol. The lowest BCUT2D eigenvalue weighted by molar-refractivity contribution is 0.233. The topological polar surface area (TPSA) is 46.2 Å². The van der Waals surface area contributed by atoms with Crippen molar-refractivity contribution in [1.29, 1.82) is 0 Å². The fourth-order valence-electron chi connectivity index (χ4n) is 0.205. The molecule has 0 bridgehead atoms. The Kier molecular flexibility index (Phi) is 3.25. The number of nitrogens with one attached hydrogen (secondary N) is 1. The molecular formula is C4H5F2NO2S. The fraction of sp³-hybridized carbons (Fsp3) is 0.500. The highest BCUT2D eigenvalue weighted by atomic mass is 32.2. The number of terminal acetylenes is 1. The second-order valence-corrected chi connectivity index (χ2v) is 3.07. The van der Waals surface area contributed by atoms with E-state index in [4.69, 9.17) is 0 Å². The van der Waals surface area contributed by atoms with Crippen LogP contribution in [0.3, 0.4) is 0 Å². The Morgan fingerprint density at radius 3 is 2.40 bits per heavy atom. The Morgan fingerprint density at radius 2 is 2.10 bits per heavy atom. The molecular weight excluding hydrogens is 164 g/mol. The van der Waals surface area contributed by atoms with Crippen molar-refractivity contribution in [3.05, 3.63) is 0 Å². The van der Waals surface area contributed by atoms with Crippen molar-refractivity contribution in [1.82, 2.24) is 4.72 Å². The predicted octanol–water partition coefficient (Wildman–Crippen LogP) is -0.238. The van der Waals surface area contributed by atoms with Gasteiger partial charge in [0.1, 0.15) is 0 Å². The number of halogens is 2. The summed E-state index contributed by atoms with van der Waals surface area (Å²) in [6, 6.07) is 0. The minimum Gasteiger partial charge on any atom is -0.206 e. The van der Waals surface area contributed by atoms with E-state index in [2.05, 4.69) is 6.42 Å². The highest BCUT2D eigenvalue weighted by Gasteiger charge is 2.22. The van der Waals surface area contributed by atoms with Crippen LogP contribution in [0.1, 0.15) is 0 Å². The normalized spacial score (nSPS) is 11.4. The summed E-state index contributed by atoms with van der Waals surface area (Å²) < 4.78 is 44.6. The lowest BCUT2D eigenvalue weighted by Gasteiger charge is -1.99. The van der Waals surface area contributed by atoms with Crippen LogP contribution in [-0.4, -0.2) is 20.7 Å². The van der Waals surface area contributed by atoms with Gasteiger partial charge in [-0.05, 0) is 0 Å². The molecule has 1 N–H and O–H groups in total. The molecule has 0 heterocycles. The van der Waals surface area contributed by atoms with Crippen LogP contribution in [0, 0.1) is 12.3 Å². The molecule has 0 aromatic carbocycles. The van der Waals surface area contributed by atoms with Gasteiger partial charge in [0.2, 0.25) is 0 Å². The van der Waals surface area contributed by atoms with Gasteiger partial charge < -0.3 is 0 Å². The summed E-state index contributed by atoms with van der Waals surface area (Å²) in [6.45, 7) is -0.410. The van der Waals surface area contributed by atoms with E-state index in [0.29, 0.717) is 0 Å². The molecule has 0 radical (unpaired) electrons. The maximum atomic E-state index is 11.4. The van der Waals surface area contributed by atoms with Gasteiger partial charge in [0, 0.05) is 0 Å². The van der Waals surface area contributed by atoms with Crippen LogP contribution in [0.15, 0.2) is 0 Å². The molecule has 0 aliphatic rings. The zero-order valence-corrected chi connectivity index (χ0v) is 5.66. The SMILES string of the molecule is C#CCNS(=O)(=O)C(F)F. The standard InChI is InChI=1S/C4H5F2NO2S/c1-2-3-7-10(8,9)4(5)6/h1,4,7H,3H2. The summed E-state index contributed by atoms with van der Waals surface area (Å²) >= 11 is 0. The largest absolute Gasteiger partial charge is 0.350 e. The third-order valence-electron chi connectivity index (χ3n) is 0.610. The van der Waals surface area contributed by atoms with Gasteiger partial charge in [-0.15, -0.1) is 6.42 Å². The summed E-state index contributed by atoms with van der Waals surface area (Å²) in [5.41, 5.74) is 0. The van der Waals surface area contributed by atoms with Crippen LogP contribution in [-0.2, 0) is 10.0 Å². The first kappa shape index (κ1) is 9.33. The molecule has 6 heteroatoms. The van der Waals surface area contributed by atoms with Crippen molar-refractivity contribution in [3.8, 4) is 12.3 Å². The van der Waals surface area contributed by atoms with E-state index in [1.54, 1.807) is 0 Å². The Morgan fingerprint density at radius 1 is 1.60 bits per heavy atom. The van der Waals surface area contributed by atoms with E-state index in [1.807, 2.05) is 5.92 Å². The van der Waals surface area contributed by atoms with Crippen molar-refractivity contribution in [2.24, 2.45) is 0 Å². The van der Waals surface area contributed by atoms with Crippen molar-refractivity contribution >= 4 is 10.0 Å². The van der Waals surface area contributed by atoms with E-state index < -0.39 is 22.3 Å². The van der Waals surface area contributed by atoms with Gasteiger partial charge in [-0.2, -0.15) is 13.5 Å². The van der Waals surface area contributed by atoms with E-state index in [9.17, 15) is 17.2 Å².